The summed E-state index contributed by atoms with van der Waals surface area (Å²) in [7, 11) is 0. The maximum Gasteiger partial charge on any atom is 0.430 e. The molecular formula is C15H19F4N5O. The maximum absolute atomic E-state index is 14.2. The van der Waals surface area contributed by atoms with Crippen molar-refractivity contribution < 1.29 is 22.7 Å². The average molecular weight is 361 g/mol. The van der Waals surface area contributed by atoms with E-state index in [1.165, 1.54) is 0 Å². The largest absolute Gasteiger partial charge is 0.430 e. The molecule has 0 spiro atoms. The lowest BCUT2D eigenvalue weighted by atomic mass is 9.96. The van der Waals surface area contributed by atoms with Gasteiger partial charge in [0.25, 0.3) is 0 Å². The Morgan fingerprint density at radius 1 is 1.24 bits per heavy atom. The van der Waals surface area contributed by atoms with E-state index in [1.807, 2.05) is 5.32 Å². The van der Waals surface area contributed by atoms with E-state index in [-0.39, 0.29) is 36.2 Å². The fourth-order valence-electron chi connectivity index (χ4n) is 2.23. The Morgan fingerprint density at radius 2 is 1.88 bits per heavy atom. The molecule has 0 bridgehead atoms. The highest BCUT2D eigenvalue weighted by molar-refractivity contribution is 5.65. The summed E-state index contributed by atoms with van der Waals surface area (Å²) in [6.07, 6.45) is -4.88. The molecule has 0 aromatic carbocycles. The molecule has 0 unspecified atom stereocenters. The molecule has 1 heterocycles. The van der Waals surface area contributed by atoms with Gasteiger partial charge in [-0.2, -0.15) is 28.1 Å². The van der Waals surface area contributed by atoms with E-state index in [9.17, 15) is 22.7 Å². The quantitative estimate of drug-likeness (QED) is 0.697. The van der Waals surface area contributed by atoms with E-state index in [1.54, 1.807) is 13.8 Å². The number of rotatable bonds is 5. The summed E-state index contributed by atoms with van der Waals surface area (Å²) >= 11 is 0. The van der Waals surface area contributed by atoms with Gasteiger partial charge in [0, 0.05) is 11.6 Å². The van der Waals surface area contributed by atoms with Crippen LogP contribution in [-0.2, 0) is 0 Å². The van der Waals surface area contributed by atoms with Gasteiger partial charge in [0.1, 0.15) is 17.6 Å². The zero-order valence-corrected chi connectivity index (χ0v) is 13.8. The van der Waals surface area contributed by atoms with Gasteiger partial charge in [-0.25, -0.2) is 4.39 Å². The molecule has 10 heteroatoms. The molecule has 1 aromatic rings. The van der Waals surface area contributed by atoms with Crippen LogP contribution in [0.5, 0.6) is 0 Å². The molecule has 0 saturated heterocycles. The lowest BCUT2D eigenvalue weighted by Crippen LogP contribution is -2.21. The van der Waals surface area contributed by atoms with Crippen molar-refractivity contribution in [2.45, 2.75) is 51.4 Å². The Labute approximate surface area is 142 Å². The van der Waals surface area contributed by atoms with Gasteiger partial charge in [0.05, 0.1) is 0 Å². The first-order valence-electron chi connectivity index (χ1n) is 7.70. The first kappa shape index (κ1) is 19.1. The fourth-order valence-corrected chi connectivity index (χ4v) is 2.23. The number of hydrogen-bond acceptors (Lipinski definition) is 6. The molecule has 25 heavy (non-hydrogen) atoms. The second kappa shape index (κ2) is 7.34. The molecule has 3 N–H and O–H groups in total. The van der Waals surface area contributed by atoms with Crippen LogP contribution in [0, 0.1) is 0 Å². The van der Waals surface area contributed by atoms with Crippen molar-refractivity contribution in [2.75, 3.05) is 10.6 Å². The zero-order valence-electron chi connectivity index (χ0n) is 13.8. The van der Waals surface area contributed by atoms with E-state index >= 15 is 0 Å². The number of allylic oxidation sites excluding steroid dienone is 2. The Balaban J connectivity index is 2.44. The highest BCUT2D eigenvalue weighted by Crippen LogP contribution is 2.32. The van der Waals surface area contributed by atoms with Crippen molar-refractivity contribution in [1.29, 1.82) is 0 Å². The smallest absolute Gasteiger partial charge is 0.386 e. The van der Waals surface area contributed by atoms with Crippen molar-refractivity contribution >= 4 is 17.5 Å². The van der Waals surface area contributed by atoms with Crippen LogP contribution in [0.25, 0.3) is 5.57 Å². The molecule has 1 aliphatic carbocycles. The Bertz CT molecular complexity index is 687. The topological polar surface area (TPSA) is 83.0 Å². The minimum Gasteiger partial charge on any atom is -0.386 e. The normalized spacial score (nSPS) is 18.5. The van der Waals surface area contributed by atoms with Crippen LogP contribution in [-0.4, -0.2) is 38.4 Å². The Hall–Kier alpha value is -2.23. The van der Waals surface area contributed by atoms with E-state index in [4.69, 9.17) is 0 Å². The molecule has 0 aliphatic heterocycles. The summed E-state index contributed by atoms with van der Waals surface area (Å²) < 4.78 is 52.2. The molecule has 0 fully saturated rings. The predicted molar refractivity (Wildman–Crippen MR) is 85.3 cm³/mol. The third-order valence-corrected chi connectivity index (χ3v) is 3.41. The van der Waals surface area contributed by atoms with Gasteiger partial charge >= 0.3 is 6.18 Å². The zero-order chi connectivity index (χ0) is 18.8. The number of aliphatic hydroxyl groups excluding tert-OH is 1. The molecule has 1 atom stereocenters. The maximum atomic E-state index is 14.2. The van der Waals surface area contributed by atoms with Gasteiger partial charge < -0.3 is 15.7 Å². The van der Waals surface area contributed by atoms with Crippen LogP contribution < -0.4 is 10.6 Å². The molecule has 0 radical (unpaired) electrons. The van der Waals surface area contributed by atoms with E-state index in [0.29, 0.717) is 6.42 Å². The average Bonchev–Trinajstić information content (AvgIpc) is 2.48. The molecule has 0 amide bonds. The first-order chi connectivity index (χ1) is 11.6. The molecule has 138 valence electrons. The minimum atomic E-state index is -4.68. The number of nitrogens with zero attached hydrogens (tertiary/aromatic N) is 3. The summed E-state index contributed by atoms with van der Waals surface area (Å²) in [5.74, 6) is -1.30. The number of halogens is 4. The Morgan fingerprint density at radius 3 is 2.48 bits per heavy atom. The standard InChI is InChI=1S/C15H19F4N5O/c1-7(2)20-13-22-12(9-5-4-6-10(25)11(9)16)23-14(24-13)21-8(3)15(17,18)19/h7,10,25H,3-6H2,1-2H3,(H2,20,21,22,23,24)/t10-/m0/s1. The third kappa shape index (κ3) is 4.88. The number of nitrogens with one attached hydrogen (secondary N) is 2. The highest BCUT2D eigenvalue weighted by Gasteiger charge is 2.33. The molecule has 2 rings (SSSR count). The van der Waals surface area contributed by atoms with Gasteiger partial charge in [0.15, 0.2) is 5.82 Å². The monoisotopic (exact) mass is 361 g/mol. The number of hydrogen-bond donors (Lipinski definition) is 3. The van der Waals surface area contributed by atoms with Gasteiger partial charge in [-0.1, -0.05) is 6.58 Å². The van der Waals surface area contributed by atoms with E-state index in [0.717, 1.165) is 0 Å². The van der Waals surface area contributed by atoms with E-state index in [2.05, 4.69) is 26.8 Å². The molecule has 1 aliphatic rings. The van der Waals surface area contributed by atoms with Crippen LogP contribution in [0.2, 0.25) is 0 Å². The van der Waals surface area contributed by atoms with Gasteiger partial charge in [-0.15, -0.1) is 0 Å². The van der Waals surface area contributed by atoms with Gasteiger partial charge in [-0.05, 0) is 33.1 Å². The molecular weight excluding hydrogens is 342 g/mol. The first-order valence-corrected chi connectivity index (χ1v) is 7.70. The third-order valence-electron chi connectivity index (χ3n) is 3.41. The lowest BCUT2D eigenvalue weighted by Gasteiger charge is -2.20. The van der Waals surface area contributed by atoms with Crippen LogP contribution in [0.4, 0.5) is 29.5 Å². The van der Waals surface area contributed by atoms with Crippen LogP contribution in [0.1, 0.15) is 38.9 Å². The summed E-state index contributed by atoms with van der Waals surface area (Å²) in [5, 5.41) is 14.5. The molecule has 6 nitrogen and oxygen atoms in total. The summed E-state index contributed by atoms with van der Waals surface area (Å²) in [6.45, 7) is 6.47. The van der Waals surface area contributed by atoms with Gasteiger partial charge in [0.2, 0.25) is 11.9 Å². The highest BCUT2D eigenvalue weighted by atomic mass is 19.4. The van der Waals surface area contributed by atoms with Crippen molar-refractivity contribution in [3.63, 3.8) is 0 Å². The number of aromatic nitrogens is 3. The van der Waals surface area contributed by atoms with Gasteiger partial charge in [-0.3, -0.25) is 0 Å². The molecule has 0 saturated carbocycles. The van der Waals surface area contributed by atoms with E-state index < -0.39 is 29.8 Å². The summed E-state index contributed by atoms with van der Waals surface area (Å²) in [6, 6.07) is -0.107. The van der Waals surface area contributed by atoms with Crippen LogP contribution in [0.15, 0.2) is 18.1 Å². The van der Waals surface area contributed by atoms with Crippen LogP contribution in [0.3, 0.4) is 0 Å². The fraction of sp³-hybridized carbons (Fsp3) is 0.533. The predicted octanol–water partition coefficient (Wildman–Crippen LogP) is 3.41. The second-order valence-electron chi connectivity index (χ2n) is 5.94. The second-order valence-corrected chi connectivity index (χ2v) is 5.94. The Kier molecular flexibility index (Phi) is 5.61. The minimum absolute atomic E-state index is 0.00200. The SMILES string of the molecule is C=C(Nc1nc(NC(C)C)nc(C2=C(F)[C@@H](O)CCC2)n1)C(F)(F)F. The van der Waals surface area contributed by atoms with Crippen molar-refractivity contribution in [2.24, 2.45) is 0 Å². The van der Waals surface area contributed by atoms with Crippen molar-refractivity contribution in [1.82, 2.24) is 15.0 Å². The summed E-state index contributed by atoms with van der Waals surface area (Å²) in [4.78, 5) is 11.8. The number of alkyl halides is 3. The van der Waals surface area contributed by atoms with Crippen LogP contribution >= 0.6 is 0 Å². The lowest BCUT2D eigenvalue weighted by molar-refractivity contribution is -0.0899. The van der Waals surface area contributed by atoms with Crippen molar-refractivity contribution in [3.05, 3.63) is 23.9 Å². The number of anilines is 2. The van der Waals surface area contributed by atoms with Crippen molar-refractivity contribution in [3.8, 4) is 0 Å². The number of aliphatic hydroxyl groups is 1. The summed E-state index contributed by atoms with van der Waals surface area (Å²) in [5.41, 5.74) is -1.19. The molecule has 1 aromatic heterocycles.